The fourth-order valence-corrected chi connectivity index (χ4v) is 6.48. The zero-order valence-corrected chi connectivity index (χ0v) is 30.1. The van der Waals surface area contributed by atoms with Crippen molar-refractivity contribution < 1.29 is 33.3 Å². The molecule has 0 saturated heterocycles. The number of hydrogen-bond acceptors (Lipinski definition) is 10. The van der Waals surface area contributed by atoms with Crippen molar-refractivity contribution in [3.63, 3.8) is 0 Å². The van der Waals surface area contributed by atoms with E-state index in [0.717, 1.165) is 21.9 Å². The van der Waals surface area contributed by atoms with Gasteiger partial charge in [0, 0.05) is 27.1 Å². The maximum absolute atomic E-state index is 13.7. The molecule has 0 fully saturated rings. The Hall–Kier alpha value is -5.79. The van der Waals surface area contributed by atoms with Crippen LogP contribution in [-0.4, -0.2) is 56.4 Å². The molecule has 1 atom stereocenters. The Morgan fingerprint density at radius 3 is 2.16 bits per heavy atom. The van der Waals surface area contributed by atoms with Crippen molar-refractivity contribution in [1.82, 2.24) is 10.3 Å². The highest BCUT2D eigenvalue weighted by Gasteiger charge is 2.20. The molecule has 262 valence electrons. The molecule has 0 saturated carbocycles. The van der Waals surface area contributed by atoms with E-state index >= 15 is 0 Å². The second-order valence-electron chi connectivity index (χ2n) is 10.8. The first-order chi connectivity index (χ1) is 24.7. The fourth-order valence-electron chi connectivity index (χ4n) is 4.83. The van der Waals surface area contributed by atoms with Crippen LogP contribution in [0.5, 0.6) is 23.0 Å². The van der Waals surface area contributed by atoms with E-state index in [9.17, 15) is 14.4 Å². The van der Waals surface area contributed by atoms with Crippen molar-refractivity contribution in [2.45, 2.75) is 17.1 Å². The summed E-state index contributed by atoms with van der Waals surface area (Å²) in [6, 6.07) is 26.5. The highest BCUT2D eigenvalue weighted by molar-refractivity contribution is 8.00. The first-order valence-electron chi connectivity index (χ1n) is 15.6. The van der Waals surface area contributed by atoms with Crippen molar-refractivity contribution in [2.75, 3.05) is 39.1 Å². The number of amides is 3. The molecule has 3 N–H and O–H groups in total. The molecule has 0 aliphatic carbocycles. The highest BCUT2D eigenvalue weighted by atomic mass is 32.2. The van der Waals surface area contributed by atoms with Crippen LogP contribution in [0.3, 0.4) is 0 Å². The number of nitrogens with one attached hydrogen (secondary N) is 3. The number of rotatable bonds is 14. The average Bonchev–Trinajstić information content (AvgIpc) is 3.62. The van der Waals surface area contributed by atoms with E-state index in [2.05, 4.69) is 20.9 Å². The summed E-state index contributed by atoms with van der Waals surface area (Å²) in [7, 11) is 6.09. The third-order valence-corrected chi connectivity index (χ3v) is 9.27. The largest absolute Gasteiger partial charge is 0.497 e. The Morgan fingerprint density at radius 2 is 1.51 bits per heavy atom. The Labute approximate surface area is 304 Å². The highest BCUT2D eigenvalue weighted by Crippen LogP contribution is 2.39. The summed E-state index contributed by atoms with van der Waals surface area (Å²) < 4.78 is 21.6. The van der Waals surface area contributed by atoms with Gasteiger partial charge in [0.15, 0.2) is 16.6 Å². The molecule has 11 nitrogen and oxygen atoms in total. The van der Waals surface area contributed by atoms with Gasteiger partial charge in [0.05, 0.1) is 39.4 Å². The van der Waals surface area contributed by atoms with Crippen molar-refractivity contribution in [3.8, 4) is 34.3 Å². The summed E-state index contributed by atoms with van der Waals surface area (Å²) in [6.45, 7) is 1.79. The van der Waals surface area contributed by atoms with Crippen molar-refractivity contribution in [2.24, 2.45) is 0 Å². The summed E-state index contributed by atoms with van der Waals surface area (Å²) >= 11 is 2.67. The lowest BCUT2D eigenvalue weighted by Gasteiger charge is -2.15. The predicted molar refractivity (Wildman–Crippen MR) is 201 cm³/mol. The van der Waals surface area contributed by atoms with Crippen LogP contribution in [0.4, 0.5) is 10.8 Å². The van der Waals surface area contributed by atoms with Crippen LogP contribution in [0, 0.1) is 0 Å². The molecule has 5 rings (SSSR count). The van der Waals surface area contributed by atoms with Crippen LogP contribution in [-0.2, 0) is 9.59 Å². The third kappa shape index (κ3) is 9.47. The normalized spacial score (nSPS) is 11.6. The second kappa shape index (κ2) is 17.2. The Balaban J connectivity index is 1.30. The third-order valence-electron chi connectivity index (χ3n) is 7.42. The van der Waals surface area contributed by atoms with Crippen LogP contribution in [0.2, 0.25) is 0 Å². The van der Waals surface area contributed by atoms with Gasteiger partial charge in [-0.15, -0.1) is 23.1 Å². The summed E-state index contributed by atoms with van der Waals surface area (Å²) in [6.07, 6.45) is 1.52. The van der Waals surface area contributed by atoms with Gasteiger partial charge in [0.25, 0.3) is 11.8 Å². The van der Waals surface area contributed by atoms with Crippen LogP contribution >= 0.6 is 23.1 Å². The summed E-state index contributed by atoms with van der Waals surface area (Å²) in [4.78, 5) is 45.3. The minimum absolute atomic E-state index is 0.0265. The molecule has 0 spiro atoms. The summed E-state index contributed by atoms with van der Waals surface area (Å²) in [5.74, 6) is 0.643. The standard InChI is InChI=1S/C38H36N4O7S2/c1-23(35(43)42-38-41-31(22-50-38)25-14-16-28(46-2)17-15-25)51-29-13-9-12-27(21-29)39-37(45)30(40-36(44)26-10-7-6-8-11-26)18-24-19-32(47-3)34(49-5)33(20-24)48-4/h6-23H,1-5H3,(H,39,45)(H,40,44)(H,41,42,43)/b30-18+. The van der Waals surface area contributed by atoms with Gasteiger partial charge >= 0.3 is 0 Å². The Kier molecular flexibility index (Phi) is 12.3. The Morgan fingerprint density at radius 1 is 0.804 bits per heavy atom. The van der Waals surface area contributed by atoms with Crippen molar-refractivity contribution in [3.05, 3.63) is 113 Å². The van der Waals surface area contributed by atoms with Gasteiger partial charge in [-0.2, -0.15) is 0 Å². The summed E-state index contributed by atoms with van der Waals surface area (Å²) in [5.41, 5.74) is 2.99. The second-order valence-corrected chi connectivity index (χ2v) is 13.1. The van der Waals surface area contributed by atoms with Gasteiger partial charge in [0.1, 0.15) is 11.4 Å². The molecular formula is C38H36N4O7S2. The molecule has 0 aliphatic heterocycles. The monoisotopic (exact) mass is 724 g/mol. The number of hydrogen-bond donors (Lipinski definition) is 3. The van der Waals surface area contributed by atoms with Crippen LogP contribution in [0.15, 0.2) is 107 Å². The van der Waals surface area contributed by atoms with Crippen LogP contribution < -0.4 is 34.9 Å². The number of thioether (sulfide) groups is 1. The van der Waals surface area contributed by atoms with Gasteiger partial charge in [0.2, 0.25) is 11.7 Å². The number of nitrogens with zero attached hydrogens (tertiary/aromatic N) is 1. The first-order valence-corrected chi connectivity index (χ1v) is 17.3. The Bertz CT molecular complexity index is 2010. The molecule has 13 heteroatoms. The summed E-state index contributed by atoms with van der Waals surface area (Å²) in [5, 5.41) is 10.4. The maximum atomic E-state index is 13.7. The van der Waals surface area contributed by atoms with Crippen LogP contribution in [0.25, 0.3) is 17.3 Å². The number of benzene rings is 4. The van der Waals surface area contributed by atoms with Crippen molar-refractivity contribution in [1.29, 1.82) is 0 Å². The van der Waals surface area contributed by atoms with Gasteiger partial charge in [-0.3, -0.25) is 14.4 Å². The van der Waals surface area contributed by atoms with E-state index in [0.29, 0.717) is 39.2 Å². The number of thiazole rings is 1. The SMILES string of the molecule is COc1ccc(-c2csc(NC(=O)C(C)Sc3cccc(NC(=O)/C(=C\c4cc(OC)c(OC)c(OC)c4)NC(=O)c4ccccc4)c3)n2)cc1. The van der Waals surface area contributed by atoms with E-state index in [1.165, 1.54) is 50.5 Å². The number of aromatic nitrogens is 1. The molecule has 0 radical (unpaired) electrons. The molecule has 5 aromatic rings. The lowest BCUT2D eigenvalue weighted by molar-refractivity contribution is -0.115. The molecular weight excluding hydrogens is 689 g/mol. The zero-order valence-electron chi connectivity index (χ0n) is 28.5. The molecule has 3 amide bonds. The molecule has 0 aliphatic rings. The molecule has 1 heterocycles. The quantitative estimate of drug-likeness (QED) is 0.0792. The predicted octanol–water partition coefficient (Wildman–Crippen LogP) is 7.37. The first kappa shape index (κ1) is 36.5. The fraction of sp³-hybridized carbons (Fsp3) is 0.158. The molecule has 1 unspecified atom stereocenters. The van der Waals surface area contributed by atoms with Crippen molar-refractivity contribution >= 4 is 57.7 Å². The minimum atomic E-state index is -0.572. The topological polar surface area (TPSA) is 137 Å². The van der Waals surface area contributed by atoms with E-state index < -0.39 is 17.1 Å². The van der Waals surface area contributed by atoms with Gasteiger partial charge in [-0.25, -0.2) is 4.98 Å². The number of carbonyl (C=O) groups excluding carboxylic acids is 3. The smallest absolute Gasteiger partial charge is 0.272 e. The maximum Gasteiger partial charge on any atom is 0.272 e. The lowest BCUT2D eigenvalue weighted by Crippen LogP contribution is -2.30. The number of methoxy groups -OCH3 is 4. The van der Waals surface area contributed by atoms with E-state index in [4.69, 9.17) is 18.9 Å². The zero-order chi connectivity index (χ0) is 36.3. The molecule has 0 bridgehead atoms. The van der Waals surface area contributed by atoms with Gasteiger partial charge in [-0.1, -0.05) is 24.3 Å². The van der Waals surface area contributed by atoms with Gasteiger partial charge in [-0.05, 0) is 85.3 Å². The minimum Gasteiger partial charge on any atom is -0.497 e. The lowest BCUT2D eigenvalue weighted by atomic mass is 10.1. The number of carbonyl (C=O) groups is 3. The number of anilines is 2. The number of ether oxygens (including phenoxy) is 4. The van der Waals surface area contributed by atoms with Gasteiger partial charge < -0.3 is 34.9 Å². The van der Waals surface area contributed by atoms with E-state index in [1.807, 2.05) is 35.7 Å². The molecule has 1 aromatic heterocycles. The van der Waals surface area contributed by atoms with E-state index in [-0.39, 0.29) is 11.6 Å². The van der Waals surface area contributed by atoms with Crippen LogP contribution in [0.1, 0.15) is 22.8 Å². The molecule has 4 aromatic carbocycles. The van der Waals surface area contributed by atoms with E-state index in [1.54, 1.807) is 74.7 Å². The average molecular weight is 725 g/mol. The molecule has 51 heavy (non-hydrogen) atoms.